The van der Waals surface area contributed by atoms with Gasteiger partial charge in [-0.25, -0.2) is 0 Å². The van der Waals surface area contributed by atoms with Crippen LogP contribution in [0.25, 0.3) is 10.9 Å². The summed E-state index contributed by atoms with van der Waals surface area (Å²) in [6.45, 7) is 5.35. The first-order valence-corrected chi connectivity index (χ1v) is 8.66. The van der Waals surface area contributed by atoms with Crippen LogP contribution in [-0.4, -0.2) is 47.3 Å². The highest BCUT2D eigenvalue weighted by atomic mass is 16.5. The molecule has 1 N–H and O–H groups in total. The number of pyridine rings is 2. The first-order valence-electron chi connectivity index (χ1n) is 8.66. The Labute approximate surface area is 145 Å². The molecule has 0 unspecified atom stereocenters. The molecule has 0 saturated carbocycles. The van der Waals surface area contributed by atoms with E-state index in [9.17, 15) is 9.59 Å². The van der Waals surface area contributed by atoms with Gasteiger partial charge in [0.2, 0.25) is 0 Å². The Kier molecular flexibility index (Phi) is 5.64. The monoisotopic (exact) mass is 342 g/mol. The number of aryl methyl sites for hydroxylation is 1. The van der Waals surface area contributed by atoms with E-state index >= 15 is 0 Å². The third-order valence-electron chi connectivity index (χ3n) is 4.58. The molecule has 0 amide bonds. The number of H-pyrrole nitrogens is 1. The molecule has 0 aliphatic carbocycles. The van der Waals surface area contributed by atoms with Crippen molar-refractivity contribution < 1.29 is 4.74 Å². The number of hydrogen-bond donors (Lipinski definition) is 1. The molecule has 1 aliphatic heterocycles. The molecule has 1 aliphatic rings. The Morgan fingerprint density at radius 3 is 2.68 bits per heavy atom. The molecule has 2 aromatic heterocycles. The molecule has 3 heterocycles. The quantitative estimate of drug-likeness (QED) is 0.793. The predicted octanol–water partition coefficient (Wildman–Crippen LogP) is 1.06. The van der Waals surface area contributed by atoms with Crippen molar-refractivity contribution in [1.82, 2.24) is 14.5 Å². The average Bonchev–Trinajstić information content (AvgIpc) is 2.64. The number of aromatic amines is 1. The van der Waals surface area contributed by atoms with Gasteiger partial charge in [-0.1, -0.05) is 6.42 Å². The average molecular weight is 342 g/mol. The van der Waals surface area contributed by atoms with Crippen molar-refractivity contribution in [3.05, 3.63) is 44.6 Å². The van der Waals surface area contributed by atoms with Crippen LogP contribution in [0.3, 0.4) is 0 Å². The molecule has 3 rings (SSSR count). The highest BCUT2D eigenvalue weighted by molar-refractivity contribution is 5.78. The van der Waals surface area contributed by atoms with E-state index in [4.69, 9.17) is 10.00 Å². The third kappa shape index (κ3) is 4.16. The molecule has 7 heteroatoms. The lowest BCUT2D eigenvalue weighted by Gasteiger charge is -2.26. The van der Waals surface area contributed by atoms with Gasteiger partial charge in [0, 0.05) is 25.8 Å². The number of nitrogens with one attached hydrogen (secondary N) is 1. The van der Waals surface area contributed by atoms with Crippen LogP contribution in [0.2, 0.25) is 0 Å². The van der Waals surface area contributed by atoms with Gasteiger partial charge in [-0.05, 0) is 31.5 Å². The third-order valence-corrected chi connectivity index (χ3v) is 4.58. The van der Waals surface area contributed by atoms with Gasteiger partial charge in [-0.15, -0.1) is 0 Å². The minimum atomic E-state index is -0.463. The van der Waals surface area contributed by atoms with Crippen molar-refractivity contribution in [2.45, 2.75) is 25.8 Å². The van der Waals surface area contributed by atoms with Crippen LogP contribution in [0, 0.1) is 11.3 Å². The number of morpholine rings is 1. The minimum Gasteiger partial charge on any atom is -0.379 e. The molecule has 0 atom stereocenters. The topological polar surface area (TPSA) is 91.1 Å². The molecule has 1 fully saturated rings. The lowest BCUT2D eigenvalue weighted by molar-refractivity contribution is 0.0371. The van der Waals surface area contributed by atoms with E-state index in [1.807, 2.05) is 6.07 Å². The number of fused-ring (bicyclic) bond motifs is 1. The van der Waals surface area contributed by atoms with Crippen molar-refractivity contribution >= 4 is 10.9 Å². The summed E-state index contributed by atoms with van der Waals surface area (Å²) in [5, 5.41) is 9.34. The van der Waals surface area contributed by atoms with Crippen molar-refractivity contribution in [3.8, 4) is 6.07 Å². The van der Waals surface area contributed by atoms with Gasteiger partial charge in [0.1, 0.15) is 11.6 Å². The van der Waals surface area contributed by atoms with Crippen LogP contribution in [0.5, 0.6) is 0 Å². The van der Waals surface area contributed by atoms with Crippen molar-refractivity contribution in [2.24, 2.45) is 0 Å². The van der Waals surface area contributed by atoms with Gasteiger partial charge in [0.25, 0.3) is 11.1 Å². The Morgan fingerprint density at radius 1 is 1.16 bits per heavy atom. The van der Waals surface area contributed by atoms with Gasteiger partial charge in [-0.3, -0.25) is 14.5 Å². The molecule has 1 saturated heterocycles. The molecule has 0 radical (unpaired) electrons. The first kappa shape index (κ1) is 17.4. The van der Waals surface area contributed by atoms with E-state index in [2.05, 4.69) is 9.88 Å². The number of unbranched alkanes of at least 4 members (excludes halogenated alkanes) is 2. The van der Waals surface area contributed by atoms with Gasteiger partial charge in [-0.2, -0.15) is 5.26 Å². The lowest BCUT2D eigenvalue weighted by Crippen LogP contribution is -2.36. The summed E-state index contributed by atoms with van der Waals surface area (Å²) >= 11 is 0. The fourth-order valence-corrected chi connectivity index (χ4v) is 3.12. The van der Waals surface area contributed by atoms with Crippen LogP contribution in [0.4, 0.5) is 0 Å². The normalized spacial score (nSPS) is 15.3. The maximum absolute atomic E-state index is 12.5. The lowest BCUT2D eigenvalue weighted by atomic mass is 10.2. The number of rotatable bonds is 6. The first-order chi connectivity index (χ1) is 12.2. The number of nitriles is 1. The number of aromatic nitrogens is 2. The molecular formula is C18H22N4O3. The van der Waals surface area contributed by atoms with Crippen LogP contribution < -0.4 is 11.1 Å². The van der Waals surface area contributed by atoms with Gasteiger partial charge in [0.05, 0.1) is 24.1 Å². The van der Waals surface area contributed by atoms with E-state index in [-0.39, 0.29) is 11.1 Å². The molecule has 0 aromatic carbocycles. The molecule has 132 valence electrons. The van der Waals surface area contributed by atoms with E-state index in [0.29, 0.717) is 17.4 Å². The molecular weight excluding hydrogens is 320 g/mol. The number of ether oxygens (including phenoxy) is 1. The van der Waals surface area contributed by atoms with Crippen molar-refractivity contribution in [1.29, 1.82) is 5.26 Å². The molecule has 7 nitrogen and oxygen atoms in total. The minimum absolute atomic E-state index is 0.0344. The summed E-state index contributed by atoms with van der Waals surface area (Å²) in [4.78, 5) is 29.2. The molecule has 2 aromatic rings. The molecule has 25 heavy (non-hydrogen) atoms. The van der Waals surface area contributed by atoms with Crippen LogP contribution in [-0.2, 0) is 11.3 Å². The Bertz CT molecular complexity index is 888. The zero-order valence-corrected chi connectivity index (χ0v) is 14.2. The highest BCUT2D eigenvalue weighted by Gasteiger charge is 2.10. The van der Waals surface area contributed by atoms with Gasteiger partial charge >= 0.3 is 0 Å². The number of hydrogen-bond acceptors (Lipinski definition) is 5. The summed E-state index contributed by atoms with van der Waals surface area (Å²) in [6.07, 6.45) is 4.78. The Balaban J connectivity index is 1.59. The summed E-state index contributed by atoms with van der Waals surface area (Å²) in [5.74, 6) is 0. The van der Waals surface area contributed by atoms with Crippen LogP contribution in [0.15, 0.2) is 27.9 Å². The van der Waals surface area contributed by atoms with Gasteiger partial charge < -0.3 is 14.3 Å². The van der Waals surface area contributed by atoms with E-state index in [1.54, 1.807) is 16.8 Å². The summed E-state index contributed by atoms with van der Waals surface area (Å²) in [7, 11) is 0. The van der Waals surface area contributed by atoms with E-state index in [1.165, 1.54) is 6.07 Å². The SMILES string of the molecule is N#Cc1cc2c(=O)n(CCCCCN3CCOCC3)ccc2[nH]c1=O. The number of nitrogens with zero attached hydrogens (tertiary/aromatic N) is 3. The predicted molar refractivity (Wildman–Crippen MR) is 94.7 cm³/mol. The summed E-state index contributed by atoms with van der Waals surface area (Å²) in [6, 6.07) is 4.92. The zero-order valence-electron chi connectivity index (χ0n) is 14.2. The Hall–Kier alpha value is -2.43. The Morgan fingerprint density at radius 2 is 1.92 bits per heavy atom. The van der Waals surface area contributed by atoms with Crippen LogP contribution in [0.1, 0.15) is 24.8 Å². The van der Waals surface area contributed by atoms with Crippen molar-refractivity contribution in [3.63, 3.8) is 0 Å². The smallest absolute Gasteiger partial charge is 0.266 e. The second-order valence-corrected chi connectivity index (χ2v) is 6.28. The maximum atomic E-state index is 12.5. The standard InChI is InChI=1S/C18H22N4O3/c19-13-14-12-15-16(20-17(14)23)4-7-22(18(15)24)6-3-1-2-5-21-8-10-25-11-9-21/h4,7,12H,1-3,5-6,8-11H2,(H,20,23). The molecule has 0 spiro atoms. The highest BCUT2D eigenvalue weighted by Crippen LogP contribution is 2.07. The second-order valence-electron chi connectivity index (χ2n) is 6.28. The van der Waals surface area contributed by atoms with E-state index < -0.39 is 5.56 Å². The molecule has 0 bridgehead atoms. The van der Waals surface area contributed by atoms with E-state index in [0.717, 1.165) is 52.1 Å². The summed E-state index contributed by atoms with van der Waals surface area (Å²) < 4.78 is 6.98. The largest absolute Gasteiger partial charge is 0.379 e. The fraction of sp³-hybridized carbons (Fsp3) is 0.500. The van der Waals surface area contributed by atoms with Crippen LogP contribution >= 0.6 is 0 Å². The second kappa shape index (κ2) is 8.10. The fourth-order valence-electron chi connectivity index (χ4n) is 3.12. The van der Waals surface area contributed by atoms with Gasteiger partial charge in [0.15, 0.2) is 0 Å². The van der Waals surface area contributed by atoms with Crippen molar-refractivity contribution in [2.75, 3.05) is 32.8 Å². The zero-order chi connectivity index (χ0) is 17.6. The summed E-state index contributed by atoms with van der Waals surface area (Å²) in [5.41, 5.74) is -0.195. The maximum Gasteiger partial charge on any atom is 0.266 e.